The summed E-state index contributed by atoms with van der Waals surface area (Å²) in [7, 11) is 0. The van der Waals surface area contributed by atoms with Gasteiger partial charge in [-0.15, -0.1) is 11.3 Å². The Bertz CT molecular complexity index is 724. The van der Waals surface area contributed by atoms with Crippen LogP contribution in [0.1, 0.15) is 31.7 Å². The number of thiophene rings is 1. The zero-order valence-electron chi connectivity index (χ0n) is 16.2. The molecule has 1 saturated heterocycles. The van der Waals surface area contributed by atoms with Gasteiger partial charge in [0, 0.05) is 48.7 Å². The molecule has 2 heterocycles. The van der Waals surface area contributed by atoms with Crippen LogP contribution in [0.25, 0.3) is 0 Å². The summed E-state index contributed by atoms with van der Waals surface area (Å²) in [6.07, 6.45) is 0. The molecule has 1 fully saturated rings. The average molecular weight is 390 g/mol. The van der Waals surface area contributed by atoms with E-state index in [4.69, 9.17) is 0 Å². The van der Waals surface area contributed by atoms with E-state index in [9.17, 15) is 9.18 Å². The van der Waals surface area contributed by atoms with Crippen molar-refractivity contribution in [3.05, 3.63) is 52.5 Å². The minimum Gasteiger partial charge on any atom is -0.369 e. The fourth-order valence-electron chi connectivity index (χ4n) is 3.58. The monoisotopic (exact) mass is 389 g/mol. The third-order valence-electron chi connectivity index (χ3n) is 5.10. The van der Waals surface area contributed by atoms with E-state index < -0.39 is 0 Å². The molecule has 4 nitrogen and oxygen atoms in total. The molecule has 0 aliphatic carbocycles. The van der Waals surface area contributed by atoms with Crippen LogP contribution in [-0.2, 0) is 4.79 Å². The summed E-state index contributed by atoms with van der Waals surface area (Å²) in [5.74, 6) is -0.134. The number of piperazine rings is 1. The molecule has 0 saturated carbocycles. The molecule has 2 atom stereocenters. The Hall–Kier alpha value is -1.92. The minimum atomic E-state index is -0.204. The molecule has 1 amide bonds. The van der Waals surface area contributed by atoms with Crippen molar-refractivity contribution in [3.63, 3.8) is 0 Å². The fraction of sp³-hybridized carbons (Fsp3) is 0.476. The number of halogens is 1. The maximum absolute atomic E-state index is 13.2. The average Bonchev–Trinajstić information content (AvgIpc) is 3.17. The smallest absolute Gasteiger partial charge is 0.222 e. The van der Waals surface area contributed by atoms with Crippen molar-refractivity contribution in [2.75, 3.05) is 31.1 Å². The van der Waals surface area contributed by atoms with E-state index in [2.05, 4.69) is 39.6 Å². The van der Waals surface area contributed by atoms with E-state index in [1.54, 1.807) is 11.3 Å². The topological polar surface area (TPSA) is 35.6 Å². The molecule has 1 aliphatic rings. The molecule has 146 valence electrons. The maximum Gasteiger partial charge on any atom is 0.222 e. The van der Waals surface area contributed by atoms with E-state index in [-0.39, 0.29) is 29.7 Å². The van der Waals surface area contributed by atoms with Crippen LogP contribution < -0.4 is 10.2 Å². The molecule has 2 aromatic rings. The molecule has 0 unspecified atom stereocenters. The Kier molecular flexibility index (Phi) is 6.50. The van der Waals surface area contributed by atoms with Gasteiger partial charge in [-0.3, -0.25) is 9.69 Å². The molecule has 1 aromatic heterocycles. The van der Waals surface area contributed by atoms with Crippen LogP contribution in [0.2, 0.25) is 0 Å². The second-order valence-corrected chi connectivity index (χ2v) is 8.39. The maximum atomic E-state index is 13.2. The third kappa shape index (κ3) is 4.87. The van der Waals surface area contributed by atoms with Gasteiger partial charge in [-0.2, -0.15) is 0 Å². The highest BCUT2D eigenvalue weighted by Gasteiger charge is 2.31. The Morgan fingerprint density at radius 1 is 1.07 bits per heavy atom. The highest BCUT2D eigenvalue weighted by Crippen LogP contribution is 2.30. The number of nitrogens with zero attached hydrogens (tertiary/aromatic N) is 2. The van der Waals surface area contributed by atoms with Crippen molar-refractivity contribution in [1.82, 2.24) is 10.2 Å². The summed E-state index contributed by atoms with van der Waals surface area (Å²) in [5.41, 5.74) is 1.06. The molecule has 3 rings (SSSR count). The van der Waals surface area contributed by atoms with Crippen LogP contribution in [0.5, 0.6) is 0 Å². The first-order chi connectivity index (χ1) is 13.0. The summed E-state index contributed by atoms with van der Waals surface area (Å²) in [5, 5.41) is 5.28. The fourth-order valence-corrected chi connectivity index (χ4v) is 4.55. The highest BCUT2D eigenvalue weighted by atomic mass is 32.1. The summed E-state index contributed by atoms with van der Waals surface area (Å²) in [6, 6.07) is 11.1. The Morgan fingerprint density at radius 2 is 1.74 bits per heavy atom. The van der Waals surface area contributed by atoms with Crippen LogP contribution in [-0.4, -0.2) is 43.0 Å². The second-order valence-electron chi connectivity index (χ2n) is 7.41. The number of nitrogens with one attached hydrogen (secondary N) is 1. The zero-order chi connectivity index (χ0) is 19.4. The molecule has 0 spiro atoms. The first-order valence-electron chi connectivity index (χ1n) is 9.54. The summed E-state index contributed by atoms with van der Waals surface area (Å²) in [6.45, 7) is 9.52. The first-order valence-corrected chi connectivity index (χ1v) is 10.4. The SMILES string of the molecule is CC(C)C(=O)N[C@H](C)[C@H](c1cccs1)N1CCN(c2ccc(F)cc2)CC1. The number of hydrogen-bond acceptors (Lipinski definition) is 4. The molecular weight excluding hydrogens is 361 g/mol. The lowest BCUT2D eigenvalue weighted by molar-refractivity contribution is -0.125. The number of carbonyl (C=O) groups excluding carboxylic acids is 1. The molecular formula is C21H28FN3OS. The van der Waals surface area contributed by atoms with Crippen LogP contribution >= 0.6 is 11.3 Å². The van der Waals surface area contributed by atoms with Crippen molar-refractivity contribution in [3.8, 4) is 0 Å². The van der Waals surface area contributed by atoms with Crippen molar-refractivity contribution in [2.45, 2.75) is 32.9 Å². The summed E-state index contributed by atoms with van der Waals surface area (Å²) in [4.78, 5) is 18.2. The number of anilines is 1. The van der Waals surface area contributed by atoms with E-state index in [0.29, 0.717) is 0 Å². The largest absolute Gasteiger partial charge is 0.369 e. The van der Waals surface area contributed by atoms with E-state index in [1.165, 1.54) is 17.0 Å². The lowest BCUT2D eigenvalue weighted by Crippen LogP contribution is -2.52. The number of amides is 1. The molecule has 1 aromatic carbocycles. The quantitative estimate of drug-likeness (QED) is 0.814. The lowest BCUT2D eigenvalue weighted by atomic mass is 10.0. The van der Waals surface area contributed by atoms with Gasteiger partial charge in [-0.25, -0.2) is 4.39 Å². The Labute approximate surface area is 165 Å². The molecule has 0 radical (unpaired) electrons. The Balaban J connectivity index is 1.69. The van der Waals surface area contributed by atoms with E-state index >= 15 is 0 Å². The zero-order valence-corrected chi connectivity index (χ0v) is 17.0. The number of rotatable bonds is 6. The van der Waals surface area contributed by atoms with Crippen molar-refractivity contribution < 1.29 is 9.18 Å². The van der Waals surface area contributed by atoms with Gasteiger partial charge in [0.15, 0.2) is 0 Å². The lowest BCUT2D eigenvalue weighted by Gasteiger charge is -2.42. The molecule has 27 heavy (non-hydrogen) atoms. The molecule has 6 heteroatoms. The second kappa shape index (κ2) is 8.85. The van der Waals surface area contributed by atoms with Crippen LogP contribution in [0.15, 0.2) is 41.8 Å². The van der Waals surface area contributed by atoms with Gasteiger partial charge in [-0.05, 0) is 42.6 Å². The number of hydrogen-bond donors (Lipinski definition) is 1. The van der Waals surface area contributed by atoms with Gasteiger partial charge < -0.3 is 10.2 Å². The predicted octanol–water partition coefficient (Wildman–Crippen LogP) is 3.91. The van der Waals surface area contributed by atoms with Crippen molar-refractivity contribution in [2.24, 2.45) is 5.92 Å². The van der Waals surface area contributed by atoms with Gasteiger partial charge in [-0.1, -0.05) is 19.9 Å². The van der Waals surface area contributed by atoms with Crippen molar-refractivity contribution >= 4 is 22.9 Å². The number of carbonyl (C=O) groups is 1. The van der Waals surface area contributed by atoms with Gasteiger partial charge in [0.05, 0.1) is 6.04 Å². The van der Waals surface area contributed by atoms with Crippen molar-refractivity contribution in [1.29, 1.82) is 0 Å². The summed E-state index contributed by atoms with van der Waals surface area (Å²) < 4.78 is 13.2. The number of benzene rings is 1. The predicted molar refractivity (Wildman–Crippen MR) is 110 cm³/mol. The Morgan fingerprint density at radius 3 is 2.30 bits per heavy atom. The van der Waals surface area contributed by atoms with E-state index in [1.807, 2.05) is 26.0 Å². The van der Waals surface area contributed by atoms with Crippen LogP contribution in [0, 0.1) is 11.7 Å². The third-order valence-corrected chi connectivity index (χ3v) is 6.04. The van der Waals surface area contributed by atoms with Gasteiger partial charge in [0.25, 0.3) is 0 Å². The van der Waals surface area contributed by atoms with Gasteiger partial charge in [0.1, 0.15) is 5.82 Å². The normalized spacial score (nSPS) is 17.7. The summed E-state index contributed by atoms with van der Waals surface area (Å²) >= 11 is 1.74. The molecule has 1 aliphatic heterocycles. The van der Waals surface area contributed by atoms with Crippen LogP contribution in [0.4, 0.5) is 10.1 Å². The molecule has 0 bridgehead atoms. The molecule has 1 N–H and O–H groups in total. The van der Waals surface area contributed by atoms with E-state index in [0.717, 1.165) is 31.9 Å². The minimum absolute atomic E-state index is 0.0215. The van der Waals surface area contributed by atoms with Gasteiger partial charge >= 0.3 is 0 Å². The van der Waals surface area contributed by atoms with Crippen LogP contribution in [0.3, 0.4) is 0 Å². The standard InChI is InChI=1S/C21H28FN3OS/c1-15(2)21(26)23-16(3)20(19-5-4-14-27-19)25-12-10-24(11-13-25)18-8-6-17(22)7-9-18/h4-9,14-16,20H,10-13H2,1-3H3,(H,23,26)/t16-,20-/m1/s1. The first kappa shape index (κ1) is 19.8. The van der Waals surface area contributed by atoms with Gasteiger partial charge in [0.2, 0.25) is 5.91 Å². The highest BCUT2D eigenvalue weighted by molar-refractivity contribution is 7.10.